The van der Waals surface area contributed by atoms with Crippen LogP contribution in [0.2, 0.25) is 5.02 Å². The zero-order chi connectivity index (χ0) is 26.2. The van der Waals surface area contributed by atoms with E-state index in [-0.39, 0.29) is 18.5 Å². The smallest absolute Gasteiger partial charge is 0.410 e. The predicted molar refractivity (Wildman–Crippen MR) is 139 cm³/mol. The summed E-state index contributed by atoms with van der Waals surface area (Å²) in [5.41, 5.74) is 2.31. The first kappa shape index (κ1) is 25.2. The number of ether oxygens (including phenoxy) is 2. The minimum atomic E-state index is -0.558. The van der Waals surface area contributed by atoms with Crippen LogP contribution in [0.5, 0.6) is 0 Å². The first-order valence-electron chi connectivity index (χ1n) is 12.2. The summed E-state index contributed by atoms with van der Waals surface area (Å²) < 4.78 is 13.4. The van der Waals surface area contributed by atoms with Gasteiger partial charge in [0, 0.05) is 35.1 Å². The van der Waals surface area contributed by atoms with Gasteiger partial charge in [-0.1, -0.05) is 23.7 Å². The van der Waals surface area contributed by atoms with E-state index in [1.165, 1.54) is 0 Å². The number of likely N-dealkylation sites (tertiary alicyclic amines) is 1. The summed E-state index contributed by atoms with van der Waals surface area (Å²) in [5, 5.41) is 0.645. The Morgan fingerprint density at radius 2 is 1.70 bits per heavy atom. The largest absolute Gasteiger partial charge is 0.444 e. The summed E-state index contributed by atoms with van der Waals surface area (Å²) in [4.78, 5) is 38.1. The minimum absolute atomic E-state index is 0.0336. The highest BCUT2D eigenvalue weighted by atomic mass is 35.5. The number of rotatable bonds is 4. The average molecular weight is 524 g/mol. The predicted octanol–water partition coefficient (Wildman–Crippen LogP) is 4.11. The molecule has 5 rings (SSSR count). The lowest BCUT2D eigenvalue weighted by atomic mass is 9.92. The maximum atomic E-state index is 13.5. The topological polar surface area (TPSA) is 89.8 Å². The number of nitrogens with zero attached hydrogens (tertiary/aromatic N) is 5. The van der Waals surface area contributed by atoms with E-state index >= 15 is 0 Å². The van der Waals surface area contributed by atoms with Crippen LogP contribution in [0.25, 0.3) is 22.5 Å². The monoisotopic (exact) mass is 523 g/mol. The molecule has 2 saturated heterocycles. The Morgan fingerprint density at radius 1 is 1.03 bits per heavy atom. The van der Waals surface area contributed by atoms with Crippen LogP contribution in [0.3, 0.4) is 0 Å². The third-order valence-corrected chi connectivity index (χ3v) is 6.68. The fourth-order valence-electron chi connectivity index (χ4n) is 4.73. The van der Waals surface area contributed by atoms with Crippen LogP contribution in [-0.2, 0) is 20.8 Å². The Labute approximate surface area is 221 Å². The van der Waals surface area contributed by atoms with Gasteiger partial charge in [-0.3, -0.25) is 9.78 Å². The second-order valence-electron chi connectivity index (χ2n) is 10.5. The fourth-order valence-corrected chi connectivity index (χ4v) is 4.86. The normalized spacial score (nSPS) is 17.0. The van der Waals surface area contributed by atoms with Crippen molar-refractivity contribution in [2.75, 3.05) is 32.8 Å². The van der Waals surface area contributed by atoms with Crippen LogP contribution in [0.4, 0.5) is 4.79 Å². The van der Waals surface area contributed by atoms with E-state index in [1.54, 1.807) is 23.6 Å². The molecule has 10 heteroatoms. The van der Waals surface area contributed by atoms with Crippen molar-refractivity contribution in [3.05, 3.63) is 60.1 Å². The van der Waals surface area contributed by atoms with E-state index < -0.39 is 11.2 Å². The van der Waals surface area contributed by atoms with Crippen molar-refractivity contribution in [3.8, 4) is 22.5 Å². The Morgan fingerprint density at radius 3 is 2.38 bits per heavy atom. The molecule has 2 aliphatic heterocycles. The molecule has 2 fully saturated rings. The summed E-state index contributed by atoms with van der Waals surface area (Å²) in [5.74, 6) is -0.0336. The van der Waals surface area contributed by atoms with E-state index in [4.69, 9.17) is 21.1 Å². The van der Waals surface area contributed by atoms with Gasteiger partial charge in [0.05, 0.1) is 44.0 Å². The van der Waals surface area contributed by atoms with Crippen LogP contribution in [-0.4, -0.2) is 80.3 Å². The quantitative estimate of drug-likeness (QED) is 0.511. The molecule has 1 spiro atoms. The Hall–Kier alpha value is -3.43. The molecule has 3 aromatic rings. The van der Waals surface area contributed by atoms with Gasteiger partial charge in [-0.2, -0.15) is 0 Å². The maximum absolute atomic E-state index is 13.5. The molecule has 194 valence electrons. The summed E-state index contributed by atoms with van der Waals surface area (Å²) >= 11 is 6.09. The third-order valence-electron chi connectivity index (χ3n) is 6.43. The lowest BCUT2D eigenvalue weighted by molar-refractivity contribution is -0.184. The van der Waals surface area contributed by atoms with E-state index in [0.717, 1.165) is 22.5 Å². The number of benzene rings is 1. The van der Waals surface area contributed by atoms with Gasteiger partial charge >= 0.3 is 6.09 Å². The number of imidazole rings is 1. The van der Waals surface area contributed by atoms with Gasteiger partial charge in [0.2, 0.25) is 5.91 Å². The van der Waals surface area contributed by atoms with Crippen molar-refractivity contribution in [1.82, 2.24) is 24.3 Å². The van der Waals surface area contributed by atoms with Gasteiger partial charge in [-0.15, -0.1) is 0 Å². The van der Waals surface area contributed by atoms with Gasteiger partial charge < -0.3 is 23.8 Å². The summed E-state index contributed by atoms with van der Waals surface area (Å²) in [6.45, 7) is 7.80. The SMILES string of the molecule is CC(C)(C)OC(=O)N1CC2(CN(C(=O)Cn3cnc(-c4ccc(Cl)cc4)c3-c3ccncc3)CCO2)C1. The highest BCUT2D eigenvalue weighted by Gasteiger charge is 2.51. The van der Waals surface area contributed by atoms with Gasteiger partial charge in [0.25, 0.3) is 0 Å². The molecule has 0 radical (unpaired) electrons. The molecule has 2 amide bonds. The van der Waals surface area contributed by atoms with Crippen molar-refractivity contribution in [2.24, 2.45) is 0 Å². The van der Waals surface area contributed by atoms with Crippen LogP contribution < -0.4 is 0 Å². The molecule has 2 aromatic heterocycles. The fraction of sp³-hybridized carbons (Fsp3) is 0.407. The number of pyridine rings is 1. The van der Waals surface area contributed by atoms with Crippen LogP contribution >= 0.6 is 11.6 Å². The highest BCUT2D eigenvalue weighted by Crippen LogP contribution is 2.33. The van der Waals surface area contributed by atoms with Crippen molar-refractivity contribution in [1.29, 1.82) is 0 Å². The number of morpholine rings is 1. The molecule has 0 bridgehead atoms. The zero-order valence-electron chi connectivity index (χ0n) is 21.2. The molecule has 0 saturated carbocycles. The maximum Gasteiger partial charge on any atom is 0.410 e. The molecular formula is C27H30ClN5O4. The van der Waals surface area contributed by atoms with Crippen LogP contribution in [0.15, 0.2) is 55.1 Å². The number of hydrogen-bond donors (Lipinski definition) is 0. The Bertz CT molecular complexity index is 1280. The number of hydrogen-bond acceptors (Lipinski definition) is 6. The average Bonchev–Trinajstić information content (AvgIpc) is 3.25. The molecule has 1 aromatic carbocycles. The number of carbonyl (C=O) groups excluding carboxylic acids is 2. The van der Waals surface area contributed by atoms with Gasteiger partial charge in [-0.25, -0.2) is 9.78 Å². The molecule has 4 heterocycles. The molecule has 0 atom stereocenters. The number of amides is 2. The number of aromatic nitrogens is 3. The molecule has 0 unspecified atom stereocenters. The lowest BCUT2D eigenvalue weighted by Gasteiger charge is -2.53. The molecule has 0 N–H and O–H groups in total. The van der Waals surface area contributed by atoms with E-state index in [9.17, 15) is 9.59 Å². The first-order chi connectivity index (χ1) is 17.6. The number of halogens is 1. The second kappa shape index (κ2) is 9.79. The van der Waals surface area contributed by atoms with E-state index in [1.807, 2.05) is 66.6 Å². The summed E-state index contributed by atoms with van der Waals surface area (Å²) in [6.07, 6.45) is 4.78. The highest BCUT2D eigenvalue weighted by molar-refractivity contribution is 6.30. The molecular weight excluding hydrogens is 494 g/mol. The van der Waals surface area contributed by atoms with Crippen LogP contribution in [0, 0.1) is 0 Å². The van der Waals surface area contributed by atoms with Gasteiger partial charge in [0.15, 0.2) is 0 Å². The van der Waals surface area contributed by atoms with Crippen molar-refractivity contribution >= 4 is 23.6 Å². The summed E-state index contributed by atoms with van der Waals surface area (Å²) in [6, 6.07) is 11.3. The van der Waals surface area contributed by atoms with Gasteiger partial charge in [0.1, 0.15) is 17.7 Å². The first-order valence-corrected chi connectivity index (χ1v) is 12.6. The van der Waals surface area contributed by atoms with Crippen molar-refractivity contribution in [2.45, 2.75) is 38.5 Å². The number of carbonyl (C=O) groups is 2. The standard InChI is InChI=1S/C27H30ClN5O4/c1-26(2,3)37-25(35)33-16-27(17-33)15-31(12-13-36-27)22(34)14-32-18-30-23(19-4-6-21(28)7-5-19)24(32)20-8-10-29-11-9-20/h4-11,18H,12-17H2,1-3H3. The third kappa shape index (κ3) is 5.47. The zero-order valence-corrected chi connectivity index (χ0v) is 21.9. The Kier molecular flexibility index (Phi) is 6.68. The second-order valence-corrected chi connectivity index (χ2v) is 10.9. The van der Waals surface area contributed by atoms with Crippen molar-refractivity contribution in [3.63, 3.8) is 0 Å². The lowest BCUT2D eigenvalue weighted by Crippen LogP contribution is -2.71. The van der Waals surface area contributed by atoms with Crippen molar-refractivity contribution < 1.29 is 19.1 Å². The summed E-state index contributed by atoms with van der Waals surface area (Å²) in [7, 11) is 0. The van der Waals surface area contributed by atoms with E-state index in [2.05, 4.69) is 9.97 Å². The molecule has 2 aliphatic rings. The minimum Gasteiger partial charge on any atom is -0.444 e. The molecule has 0 aliphatic carbocycles. The van der Waals surface area contributed by atoms with Crippen LogP contribution in [0.1, 0.15) is 20.8 Å². The Balaban J connectivity index is 1.32. The molecule has 9 nitrogen and oxygen atoms in total. The van der Waals surface area contributed by atoms with E-state index in [0.29, 0.717) is 37.8 Å². The van der Waals surface area contributed by atoms with Gasteiger partial charge in [-0.05, 0) is 45.0 Å². The molecule has 37 heavy (non-hydrogen) atoms.